The number of carbonyl (C=O) groups is 1. The van der Waals surface area contributed by atoms with Crippen molar-refractivity contribution in [1.82, 2.24) is 9.80 Å². The molecule has 1 aliphatic heterocycles. The van der Waals surface area contributed by atoms with Crippen molar-refractivity contribution in [1.29, 1.82) is 0 Å². The first-order valence-electron chi connectivity index (χ1n) is 10.4. The summed E-state index contributed by atoms with van der Waals surface area (Å²) < 4.78 is 0. The normalized spacial score (nSPS) is 22.1. The molecule has 1 saturated carbocycles. The third kappa shape index (κ3) is 4.68. The lowest BCUT2D eigenvalue weighted by atomic mass is 9.86. The molecule has 3 rings (SSSR count). The molecule has 1 aromatic carbocycles. The topological polar surface area (TPSA) is 23.6 Å². The van der Waals surface area contributed by atoms with Crippen molar-refractivity contribution in [3.63, 3.8) is 0 Å². The first kappa shape index (κ1) is 19.4. The molecule has 1 heterocycles. The molecule has 0 radical (unpaired) electrons. The van der Waals surface area contributed by atoms with Crippen LogP contribution in [0.2, 0.25) is 0 Å². The highest BCUT2D eigenvalue weighted by Crippen LogP contribution is 2.28. The summed E-state index contributed by atoms with van der Waals surface area (Å²) >= 11 is 0. The second-order valence-corrected chi connectivity index (χ2v) is 9.43. The SMILES string of the molecule is CN(C(=O)c1ccc(C(C)(C)C)cc1)C1CCN(CCC2CCCC2)C1. The monoisotopic (exact) mass is 356 g/mol. The molecule has 26 heavy (non-hydrogen) atoms. The van der Waals surface area contributed by atoms with Crippen LogP contribution in [0.3, 0.4) is 0 Å². The standard InChI is InChI=1S/C23H36N2O/c1-23(2,3)20-11-9-19(10-12-20)22(26)24(4)21-14-16-25(17-21)15-13-18-7-5-6-8-18/h9-12,18,21H,5-8,13-17H2,1-4H3. The van der Waals surface area contributed by atoms with E-state index >= 15 is 0 Å². The van der Waals surface area contributed by atoms with E-state index in [9.17, 15) is 4.79 Å². The van der Waals surface area contributed by atoms with Gasteiger partial charge in [0, 0.05) is 31.7 Å². The Morgan fingerprint density at radius 1 is 1.12 bits per heavy atom. The van der Waals surface area contributed by atoms with Gasteiger partial charge in [0.15, 0.2) is 0 Å². The number of likely N-dealkylation sites (tertiary alicyclic amines) is 1. The average molecular weight is 357 g/mol. The number of likely N-dealkylation sites (N-methyl/N-ethyl adjacent to an activating group) is 1. The molecule has 1 aliphatic carbocycles. The van der Waals surface area contributed by atoms with E-state index in [1.807, 2.05) is 24.1 Å². The van der Waals surface area contributed by atoms with E-state index in [0.717, 1.165) is 31.0 Å². The molecule has 2 aliphatic rings. The van der Waals surface area contributed by atoms with Gasteiger partial charge in [0.2, 0.25) is 0 Å². The average Bonchev–Trinajstić information content (AvgIpc) is 3.29. The van der Waals surface area contributed by atoms with Crippen molar-refractivity contribution in [3.8, 4) is 0 Å². The lowest BCUT2D eigenvalue weighted by molar-refractivity contribution is 0.0735. The molecule has 3 heteroatoms. The molecule has 1 unspecified atom stereocenters. The van der Waals surface area contributed by atoms with E-state index in [1.54, 1.807) is 0 Å². The summed E-state index contributed by atoms with van der Waals surface area (Å²) in [5.41, 5.74) is 2.21. The van der Waals surface area contributed by atoms with E-state index in [0.29, 0.717) is 6.04 Å². The van der Waals surface area contributed by atoms with Gasteiger partial charge in [-0.25, -0.2) is 0 Å². The molecule has 1 atom stereocenters. The number of carbonyl (C=O) groups excluding carboxylic acids is 1. The van der Waals surface area contributed by atoms with E-state index in [2.05, 4.69) is 37.8 Å². The fourth-order valence-corrected chi connectivity index (χ4v) is 4.48. The molecule has 2 fully saturated rings. The second kappa shape index (κ2) is 8.12. The molecular formula is C23H36N2O. The zero-order valence-corrected chi connectivity index (χ0v) is 17.1. The maximum absolute atomic E-state index is 12.9. The van der Waals surface area contributed by atoms with Gasteiger partial charge < -0.3 is 9.80 Å². The minimum atomic E-state index is 0.124. The first-order valence-corrected chi connectivity index (χ1v) is 10.4. The number of hydrogen-bond acceptors (Lipinski definition) is 2. The Labute approximate surface area is 159 Å². The van der Waals surface area contributed by atoms with Crippen molar-refractivity contribution < 1.29 is 4.79 Å². The summed E-state index contributed by atoms with van der Waals surface area (Å²) in [6.07, 6.45) is 8.17. The van der Waals surface area contributed by atoms with Crippen LogP contribution in [0.25, 0.3) is 0 Å². The van der Waals surface area contributed by atoms with Gasteiger partial charge in [-0.15, -0.1) is 0 Å². The highest BCUT2D eigenvalue weighted by atomic mass is 16.2. The van der Waals surface area contributed by atoms with Crippen LogP contribution in [-0.2, 0) is 5.41 Å². The minimum Gasteiger partial charge on any atom is -0.337 e. The molecular weight excluding hydrogens is 320 g/mol. The molecule has 0 N–H and O–H groups in total. The molecule has 0 spiro atoms. The van der Waals surface area contributed by atoms with Crippen LogP contribution in [0.1, 0.15) is 75.2 Å². The van der Waals surface area contributed by atoms with Gasteiger partial charge >= 0.3 is 0 Å². The van der Waals surface area contributed by atoms with Gasteiger partial charge in [-0.1, -0.05) is 58.6 Å². The van der Waals surface area contributed by atoms with Crippen molar-refractivity contribution in [2.24, 2.45) is 5.92 Å². The molecule has 3 nitrogen and oxygen atoms in total. The summed E-state index contributed by atoms with van der Waals surface area (Å²) in [5.74, 6) is 1.11. The lowest BCUT2D eigenvalue weighted by Gasteiger charge is -2.26. The minimum absolute atomic E-state index is 0.124. The van der Waals surface area contributed by atoms with Gasteiger partial charge in [0.05, 0.1) is 0 Å². The van der Waals surface area contributed by atoms with Crippen molar-refractivity contribution in [2.45, 2.75) is 70.8 Å². The predicted octanol–water partition coefficient (Wildman–Crippen LogP) is 4.71. The first-order chi connectivity index (χ1) is 12.3. The van der Waals surface area contributed by atoms with Crippen LogP contribution in [0, 0.1) is 5.92 Å². The Kier molecular flexibility index (Phi) is 6.06. The van der Waals surface area contributed by atoms with Crippen molar-refractivity contribution in [2.75, 3.05) is 26.7 Å². The van der Waals surface area contributed by atoms with Gasteiger partial charge in [-0.3, -0.25) is 4.79 Å². The Morgan fingerprint density at radius 2 is 1.77 bits per heavy atom. The fraction of sp³-hybridized carbons (Fsp3) is 0.696. The molecule has 0 aromatic heterocycles. The summed E-state index contributed by atoms with van der Waals surface area (Å²) in [7, 11) is 1.98. The van der Waals surface area contributed by atoms with E-state index < -0.39 is 0 Å². The second-order valence-electron chi connectivity index (χ2n) is 9.43. The molecule has 1 amide bonds. The molecule has 144 valence electrons. The maximum Gasteiger partial charge on any atom is 0.253 e. The zero-order valence-electron chi connectivity index (χ0n) is 17.1. The number of rotatable bonds is 5. The maximum atomic E-state index is 12.9. The quantitative estimate of drug-likeness (QED) is 0.763. The van der Waals surface area contributed by atoms with Gasteiger partial charge in [0.1, 0.15) is 0 Å². The lowest BCUT2D eigenvalue weighted by Crippen LogP contribution is -2.39. The summed E-state index contributed by atoms with van der Waals surface area (Å²) in [4.78, 5) is 17.4. The van der Waals surface area contributed by atoms with Crippen LogP contribution in [0.15, 0.2) is 24.3 Å². The number of nitrogens with zero attached hydrogens (tertiary/aromatic N) is 2. The highest BCUT2D eigenvalue weighted by Gasteiger charge is 2.29. The van der Waals surface area contributed by atoms with Gasteiger partial charge in [-0.05, 0) is 48.4 Å². The van der Waals surface area contributed by atoms with Crippen LogP contribution < -0.4 is 0 Å². The summed E-state index contributed by atoms with van der Waals surface area (Å²) in [6.45, 7) is 9.99. The van der Waals surface area contributed by atoms with Crippen LogP contribution in [0.5, 0.6) is 0 Å². The van der Waals surface area contributed by atoms with Gasteiger partial charge in [0.25, 0.3) is 5.91 Å². The largest absolute Gasteiger partial charge is 0.337 e. The fourth-order valence-electron chi connectivity index (χ4n) is 4.48. The molecule has 1 aromatic rings. The number of benzene rings is 1. The third-order valence-corrected chi connectivity index (χ3v) is 6.44. The summed E-state index contributed by atoms with van der Waals surface area (Å²) in [6, 6.07) is 8.54. The highest BCUT2D eigenvalue weighted by molar-refractivity contribution is 5.94. The van der Waals surface area contributed by atoms with Crippen LogP contribution in [0.4, 0.5) is 0 Å². The zero-order chi connectivity index (χ0) is 18.7. The smallest absolute Gasteiger partial charge is 0.253 e. The van der Waals surface area contributed by atoms with Crippen LogP contribution >= 0.6 is 0 Å². The number of amides is 1. The van der Waals surface area contributed by atoms with Crippen LogP contribution in [-0.4, -0.2) is 48.4 Å². The Hall–Kier alpha value is -1.35. The Bertz CT molecular complexity index is 596. The Morgan fingerprint density at radius 3 is 2.38 bits per heavy atom. The van der Waals surface area contributed by atoms with Crippen molar-refractivity contribution in [3.05, 3.63) is 35.4 Å². The Balaban J connectivity index is 1.52. The molecule has 1 saturated heterocycles. The van der Waals surface area contributed by atoms with Crippen molar-refractivity contribution >= 4 is 5.91 Å². The third-order valence-electron chi connectivity index (χ3n) is 6.44. The predicted molar refractivity (Wildman–Crippen MR) is 109 cm³/mol. The van der Waals surface area contributed by atoms with E-state index in [-0.39, 0.29) is 11.3 Å². The van der Waals surface area contributed by atoms with E-state index in [4.69, 9.17) is 0 Å². The number of hydrogen-bond donors (Lipinski definition) is 0. The van der Waals surface area contributed by atoms with E-state index in [1.165, 1.54) is 44.2 Å². The molecule has 0 bridgehead atoms. The summed E-state index contributed by atoms with van der Waals surface area (Å²) in [5, 5.41) is 0. The van der Waals surface area contributed by atoms with Gasteiger partial charge in [-0.2, -0.15) is 0 Å².